The molecule has 2 aromatic carbocycles. The van der Waals surface area contributed by atoms with Crippen molar-refractivity contribution in [3.8, 4) is 5.69 Å². The van der Waals surface area contributed by atoms with E-state index in [0.717, 1.165) is 17.1 Å². The number of thioether (sulfide) groups is 1. The van der Waals surface area contributed by atoms with E-state index >= 15 is 0 Å². The minimum Gasteiger partial charge on any atom is -0.314 e. The van der Waals surface area contributed by atoms with Crippen molar-refractivity contribution in [3.63, 3.8) is 0 Å². The molecule has 1 amide bonds. The average molecular weight is 428 g/mol. The lowest BCUT2D eigenvalue weighted by Crippen LogP contribution is -2.19. The second kappa shape index (κ2) is 7.87. The maximum absolute atomic E-state index is 12.4. The second-order valence-corrected chi connectivity index (χ2v) is 7.94. The standard InChI is InChI=1S/C21H15Cl2N3OS/c1-13-10-11-15(26(13)14-6-3-2-4-7-14)12-18-20(27)25-21(28-18)24-17-9-5-8-16(22)19(17)23/h2-12H,1H3,(H,24,25,27)/b18-12-. The quantitative estimate of drug-likeness (QED) is 0.522. The molecule has 0 spiro atoms. The Bertz CT molecular complexity index is 1120. The molecule has 0 saturated carbocycles. The number of hydrogen-bond donors (Lipinski definition) is 1. The van der Waals surface area contributed by atoms with Crippen LogP contribution in [0.1, 0.15) is 11.4 Å². The number of para-hydroxylation sites is 1. The summed E-state index contributed by atoms with van der Waals surface area (Å²) >= 11 is 13.5. The Hall–Kier alpha value is -2.47. The molecule has 7 heteroatoms. The van der Waals surface area contributed by atoms with Crippen LogP contribution in [-0.2, 0) is 4.79 Å². The largest absolute Gasteiger partial charge is 0.314 e. The number of nitrogens with one attached hydrogen (secondary N) is 1. The number of amides is 1. The molecule has 0 radical (unpaired) electrons. The molecule has 4 rings (SSSR count). The average Bonchev–Trinajstić information content (AvgIpc) is 3.22. The van der Waals surface area contributed by atoms with E-state index in [-0.39, 0.29) is 5.91 Å². The summed E-state index contributed by atoms with van der Waals surface area (Å²) in [6, 6.07) is 19.2. The van der Waals surface area contributed by atoms with Gasteiger partial charge in [-0.3, -0.25) is 4.79 Å². The first-order valence-electron chi connectivity index (χ1n) is 8.50. The number of carbonyl (C=O) groups is 1. The fourth-order valence-corrected chi connectivity index (χ4v) is 4.06. The molecule has 1 fully saturated rings. The number of nitrogens with zero attached hydrogens (tertiary/aromatic N) is 2. The lowest BCUT2D eigenvalue weighted by Gasteiger charge is -2.09. The zero-order chi connectivity index (χ0) is 19.7. The van der Waals surface area contributed by atoms with E-state index in [9.17, 15) is 4.79 Å². The minimum atomic E-state index is -0.194. The highest BCUT2D eigenvalue weighted by Crippen LogP contribution is 2.34. The third-order valence-corrected chi connectivity index (χ3v) is 5.92. The number of halogens is 2. The van der Waals surface area contributed by atoms with Gasteiger partial charge in [0.05, 0.1) is 20.6 Å². The molecular formula is C21H15Cl2N3OS. The predicted molar refractivity (Wildman–Crippen MR) is 118 cm³/mol. The molecular weight excluding hydrogens is 413 g/mol. The summed E-state index contributed by atoms with van der Waals surface area (Å²) < 4.78 is 2.10. The van der Waals surface area contributed by atoms with E-state index in [1.54, 1.807) is 18.2 Å². The number of aliphatic imine (C=N–C) groups is 1. The molecule has 28 heavy (non-hydrogen) atoms. The molecule has 3 aromatic rings. The number of rotatable bonds is 3. The van der Waals surface area contributed by atoms with Gasteiger partial charge in [-0.1, -0.05) is 47.5 Å². The Balaban J connectivity index is 1.67. The first-order chi connectivity index (χ1) is 13.5. The van der Waals surface area contributed by atoms with E-state index in [1.807, 2.05) is 55.5 Å². The Morgan fingerprint density at radius 3 is 2.61 bits per heavy atom. The van der Waals surface area contributed by atoms with Gasteiger partial charge in [0.15, 0.2) is 5.17 Å². The maximum Gasteiger partial charge on any atom is 0.264 e. The second-order valence-electron chi connectivity index (χ2n) is 6.13. The topological polar surface area (TPSA) is 46.4 Å². The van der Waals surface area contributed by atoms with Crippen molar-refractivity contribution in [2.24, 2.45) is 4.99 Å². The van der Waals surface area contributed by atoms with Crippen molar-refractivity contribution >= 4 is 57.8 Å². The lowest BCUT2D eigenvalue weighted by molar-refractivity contribution is -0.115. The predicted octanol–water partition coefficient (Wildman–Crippen LogP) is 5.98. The van der Waals surface area contributed by atoms with Crippen LogP contribution >= 0.6 is 35.0 Å². The molecule has 1 saturated heterocycles. The third kappa shape index (κ3) is 3.74. The summed E-state index contributed by atoms with van der Waals surface area (Å²) in [5.41, 5.74) is 3.56. The zero-order valence-electron chi connectivity index (χ0n) is 14.8. The number of aromatic nitrogens is 1. The van der Waals surface area contributed by atoms with Gasteiger partial charge in [0.25, 0.3) is 5.91 Å². The van der Waals surface area contributed by atoms with Crippen molar-refractivity contribution in [2.45, 2.75) is 6.92 Å². The van der Waals surface area contributed by atoms with Gasteiger partial charge in [0.2, 0.25) is 0 Å². The molecule has 1 aliphatic heterocycles. The Morgan fingerprint density at radius 2 is 1.82 bits per heavy atom. The number of carbonyl (C=O) groups excluding carboxylic acids is 1. The Labute approximate surface area is 176 Å². The van der Waals surface area contributed by atoms with Crippen LogP contribution in [0.2, 0.25) is 10.0 Å². The SMILES string of the molecule is Cc1ccc(/C=C2\SC(=Nc3cccc(Cl)c3Cl)NC2=O)n1-c1ccccc1. The van der Waals surface area contributed by atoms with Crippen molar-refractivity contribution in [1.29, 1.82) is 0 Å². The number of amidine groups is 1. The summed E-state index contributed by atoms with van der Waals surface area (Å²) in [6.45, 7) is 2.03. The van der Waals surface area contributed by atoms with Crippen LogP contribution in [0.4, 0.5) is 5.69 Å². The summed E-state index contributed by atoms with van der Waals surface area (Å²) in [6.07, 6.45) is 1.86. The highest BCUT2D eigenvalue weighted by atomic mass is 35.5. The van der Waals surface area contributed by atoms with E-state index in [4.69, 9.17) is 23.2 Å². The molecule has 2 heterocycles. The normalized spacial score (nSPS) is 16.8. The molecule has 1 aromatic heterocycles. The van der Waals surface area contributed by atoms with Crippen LogP contribution in [0.3, 0.4) is 0 Å². The number of hydrogen-bond acceptors (Lipinski definition) is 3. The summed E-state index contributed by atoms with van der Waals surface area (Å²) in [4.78, 5) is 17.4. The maximum atomic E-state index is 12.4. The van der Waals surface area contributed by atoms with Crippen molar-refractivity contribution in [1.82, 2.24) is 9.88 Å². The fourth-order valence-electron chi connectivity index (χ4n) is 2.90. The van der Waals surface area contributed by atoms with Crippen molar-refractivity contribution in [3.05, 3.63) is 87.0 Å². The van der Waals surface area contributed by atoms with Gasteiger partial charge in [-0.15, -0.1) is 0 Å². The van der Waals surface area contributed by atoms with Crippen LogP contribution in [0, 0.1) is 6.92 Å². The summed E-state index contributed by atoms with van der Waals surface area (Å²) in [7, 11) is 0. The van der Waals surface area contributed by atoms with Gasteiger partial charge in [0, 0.05) is 17.1 Å². The molecule has 0 aliphatic carbocycles. The monoisotopic (exact) mass is 427 g/mol. The lowest BCUT2D eigenvalue weighted by atomic mass is 10.3. The number of benzene rings is 2. The molecule has 1 N–H and O–H groups in total. The van der Waals surface area contributed by atoms with E-state index in [0.29, 0.717) is 25.8 Å². The van der Waals surface area contributed by atoms with Crippen LogP contribution < -0.4 is 5.32 Å². The van der Waals surface area contributed by atoms with Crippen molar-refractivity contribution in [2.75, 3.05) is 0 Å². The van der Waals surface area contributed by atoms with Gasteiger partial charge in [-0.2, -0.15) is 0 Å². The van der Waals surface area contributed by atoms with Crippen LogP contribution in [0.15, 0.2) is 70.6 Å². The van der Waals surface area contributed by atoms with Crippen molar-refractivity contribution < 1.29 is 4.79 Å². The van der Waals surface area contributed by atoms with Crippen LogP contribution in [-0.4, -0.2) is 15.6 Å². The minimum absolute atomic E-state index is 0.194. The van der Waals surface area contributed by atoms with Gasteiger partial charge >= 0.3 is 0 Å². The van der Waals surface area contributed by atoms with E-state index < -0.39 is 0 Å². The zero-order valence-corrected chi connectivity index (χ0v) is 17.1. The van der Waals surface area contributed by atoms with E-state index in [2.05, 4.69) is 14.9 Å². The first kappa shape index (κ1) is 18.9. The summed E-state index contributed by atoms with van der Waals surface area (Å²) in [5.74, 6) is -0.194. The van der Waals surface area contributed by atoms with Gasteiger partial charge in [-0.25, -0.2) is 4.99 Å². The molecule has 0 atom stereocenters. The molecule has 140 valence electrons. The van der Waals surface area contributed by atoms with Gasteiger partial charge in [-0.05, 0) is 61.2 Å². The van der Waals surface area contributed by atoms with Gasteiger partial charge in [0.1, 0.15) is 0 Å². The highest BCUT2D eigenvalue weighted by Gasteiger charge is 2.25. The smallest absolute Gasteiger partial charge is 0.264 e. The van der Waals surface area contributed by atoms with Crippen LogP contribution in [0.5, 0.6) is 0 Å². The molecule has 4 nitrogen and oxygen atoms in total. The summed E-state index contributed by atoms with van der Waals surface area (Å²) in [5, 5.41) is 4.03. The number of aryl methyl sites for hydroxylation is 1. The Kier molecular flexibility index (Phi) is 5.31. The highest BCUT2D eigenvalue weighted by molar-refractivity contribution is 8.18. The molecule has 0 unspecified atom stereocenters. The Morgan fingerprint density at radius 1 is 1.04 bits per heavy atom. The molecule has 1 aliphatic rings. The molecule has 0 bridgehead atoms. The fraction of sp³-hybridized carbons (Fsp3) is 0.0476. The third-order valence-electron chi connectivity index (χ3n) is 4.20. The van der Waals surface area contributed by atoms with E-state index in [1.165, 1.54) is 11.8 Å². The first-order valence-corrected chi connectivity index (χ1v) is 10.1. The van der Waals surface area contributed by atoms with Gasteiger partial charge < -0.3 is 9.88 Å². The van der Waals surface area contributed by atoms with Crippen LogP contribution in [0.25, 0.3) is 11.8 Å².